The minimum atomic E-state index is -0.144. The quantitative estimate of drug-likeness (QED) is 0.649. The molecule has 1 heterocycles. The smallest absolute Gasteiger partial charge is 0.268 e. The molecule has 0 saturated heterocycles. The van der Waals surface area contributed by atoms with Crippen molar-refractivity contribution in [3.8, 4) is 0 Å². The van der Waals surface area contributed by atoms with Crippen molar-refractivity contribution in [2.45, 2.75) is 6.54 Å². The molecule has 0 aromatic carbocycles. The maximum absolute atomic E-state index is 11.5. The number of rotatable bonds is 6. The van der Waals surface area contributed by atoms with Crippen molar-refractivity contribution in [1.29, 1.82) is 0 Å². The molecule has 0 atom stereocenters. The van der Waals surface area contributed by atoms with Crippen LogP contribution in [-0.2, 0) is 11.3 Å². The molecule has 0 unspecified atom stereocenters. The molecule has 1 rings (SSSR count). The molecule has 0 fully saturated rings. The van der Waals surface area contributed by atoms with Crippen LogP contribution >= 0.6 is 0 Å². The van der Waals surface area contributed by atoms with Crippen LogP contribution in [0.5, 0.6) is 0 Å². The molecule has 0 aliphatic carbocycles. The average molecular weight is 212 g/mol. The number of ether oxygens (including phenoxy) is 1. The molecule has 1 aromatic rings. The third-order valence-corrected chi connectivity index (χ3v) is 1.85. The zero-order chi connectivity index (χ0) is 11.1. The Morgan fingerprint density at radius 3 is 3.07 bits per heavy atom. The van der Waals surface area contributed by atoms with Gasteiger partial charge in [0.15, 0.2) is 0 Å². The second kappa shape index (κ2) is 6.15. The van der Waals surface area contributed by atoms with E-state index in [9.17, 15) is 4.79 Å². The molecular formula is C9H16N4O2. The van der Waals surface area contributed by atoms with E-state index in [0.29, 0.717) is 31.9 Å². The van der Waals surface area contributed by atoms with Crippen LogP contribution in [0.1, 0.15) is 0 Å². The first-order valence-corrected chi connectivity index (χ1v) is 4.78. The van der Waals surface area contributed by atoms with Crippen LogP contribution in [0.4, 0.5) is 5.69 Å². The van der Waals surface area contributed by atoms with Gasteiger partial charge in [0.2, 0.25) is 0 Å². The number of hydrogen-bond donors (Lipinski definition) is 2. The van der Waals surface area contributed by atoms with Crippen molar-refractivity contribution >= 4 is 5.69 Å². The van der Waals surface area contributed by atoms with E-state index in [1.165, 1.54) is 10.7 Å². The lowest BCUT2D eigenvalue weighted by molar-refractivity contribution is 0.182. The zero-order valence-electron chi connectivity index (χ0n) is 8.77. The molecule has 0 saturated carbocycles. The molecule has 6 heteroatoms. The minimum absolute atomic E-state index is 0.144. The lowest BCUT2D eigenvalue weighted by Crippen LogP contribution is -2.25. The molecule has 0 amide bonds. The first-order valence-electron chi connectivity index (χ1n) is 4.78. The maximum Gasteiger partial charge on any atom is 0.268 e. The topological polar surface area (TPSA) is 82.2 Å². The molecule has 6 nitrogen and oxygen atoms in total. The Labute approximate surface area is 88.0 Å². The van der Waals surface area contributed by atoms with Crippen molar-refractivity contribution in [2.24, 2.45) is 5.73 Å². The molecule has 0 aliphatic rings. The maximum atomic E-state index is 11.5. The fourth-order valence-corrected chi connectivity index (χ4v) is 1.09. The number of nitrogens with one attached hydrogen (secondary N) is 1. The molecule has 84 valence electrons. The van der Waals surface area contributed by atoms with E-state index >= 15 is 0 Å². The van der Waals surface area contributed by atoms with E-state index in [1.807, 2.05) is 0 Å². The van der Waals surface area contributed by atoms with Crippen LogP contribution in [0.2, 0.25) is 0 Å². The summed E-state index contributed by atoms with van der Waals surface area (Å²) < 4.78 is 6.22. The monoisotopic (exact) mass is 212 g/mol. The molecule has 0 aliphatic heterocycles. The third kappa shape index (κ3) is 3.69. The van der Waals surface area contributed by atoms with E-state index in [-0.39, 0.29) is 5.56 Å². The molecule has 0 bridgehead atoms. The second-order valence-electron chi connectivity index (χ2n) is 3.01. The van der Waals surface area contributed by atoms with Crippen molar-refractivity contribution < 1.29 is 4.74 Å². The lowest BCUT2D eigenvalue weighted by Gasteiger charge is -2.06. The van der Waals surface area contributed by atoms with Gasteiger partial charge in [-0.1, -0.05) is 0 Å². The number of nitrogens with zero attached hydrogens (tertiary/aromatic N) is 2. The zero-order valence-corrected chi connectivity index (χ0v) is 8.77. The van der Waals surface area contributed by atoms with Crippen molar-refractivity contribution in [1.82, 2.24) is 9.78 Å². The van der Waals surface area contributed by atoms with E-state index in [0.717, 1.165) is 0 Å². The summed E-state index contributed by atoms with van der Waals surface area (Å²) in [5.74, 6) is 0. The highest BCUT2D eigenvalue weighted by Gasteiger charge is 1.98. The molecule has 1 aromatic heterocycles. The van der Waals surface area contributed by atoms with E-state index < -0.39 is 0 Å². The summed E-state index contributed by atoms with van der Waals surface area (Å²) in [7, 11) is 1.59. The SMILES string of the molecule is COCCn1ncc(NCCN)cc1=O. The lowest BCUT2D eigenvalue weighted by atomic mass is 10.4. The van der Waals surface area contributed by atoms with Gasteiger partial charge in [0.05, 0.1) is 25.0 Å². The Hall–Kier alpha value is -1.40. The van der Waals surface area contributed by atoms with E-state index in [2.05, 4.69) is 10.4 Å². The first kappa shape index (κ1) is 11.7. The van der Waals surface area contributed by atoms with Gasteiger partial charge in [0.25, 0.3) is 5.56 Å². The van der Waals surface area contributed by atoms with E-state index in [4.69, 9.17) is 10.5 Å². The van der Waals surface area contributed by atoms with Gasteiger partial charge in [0.1, 0.15) is 0 Å². The van der Waals surface area contributed by atoms with Gasteiger partial charge in [0, 0.05) is 26.3 Å². The highest BCUT2D eigenvalue weighted by Crippen LogP contribution is 1.97. The highest BCUT2D eigenvalue weighted by molar-refractivity contribution is 5.38. The van der Waals surface area contributed by atoms with Gasteiger partial charge >= 0.3 is 0 Å². The number of methoxy groups -OCH3 is 1. The Morgan fingerprint density at radius 2 is 2.47 bits per heavy atom. The van der Waals surface area contributed by atoms with Crippen LogP contribution in [0.3, 0.4) is 0 Å². The summed E-state index contributed by atoms with van der Waals surface area (Å²) >= 11 is 0. The number of hydrogen-bond acceptors (Lipinski definition) is 5. The number of aromatic nitrogens is 2. The Morgan fingerprint density at radius 1 is 1.67 bits per heavy atom. The summed E-state index contributed by atoms with van der Waals surface area (Å²) in [5, 5.41) is 6.98. The standard InChI is InChI=1S/C9H16N4O2/c1-15-5-4-13-9(14)6-8(7-12-13)11-3-2-10/h6-7,11H,2-5,10H2,1H3. The molecule has 15 heavy (non-hydrogen) atoms. The van der Waals surface area contributed by atoms with Crippen molar-refractivity contribution in [3.63, 3.8) is 0 Å². The van der Waals surface area contributed by atoms with Crippen LogP contribution in [0.25, 0.3) is 0 Å². The molecule has 0 spiro atoms. The third-order valence-electron chi connectivity index (χ3n) is 1.85. The van der Waals surface area contributed by atoms with Gasteiger partial charge in [-0.25, -0.2) is 4.68 Å². The van der Waals surface area contributed by atoms with Gasteiger partial charge in [-0.2, -0.15) is 5.10 Å². The largest absolute Gasteiger partial charge is 0.383 e. The summed E-state index contributed by atoms with van der Waals surface area (Å²) in [6.07, 6.45) is 1.60. The van der Waals surface area contributed by atoms with Gasteiger partial charge in [-0.15, -0.1) is 0 Å². The molecular weight excluding hydrogens is 196 g/mol. The second-order valence-corrected chi connectivity index (χ2v) is 3.01. The predicted molar refractivity (Wildman–Crippen MR) is 57.9 cm³/mol. The number of nitrogens with two attached hydrogens (primary N) is 1. The van der Waals surface area contributed by atoms with Gasteiger partial charge in [-0.05, 0) is 0 Å². The summed E-state index contributed by atoms with van der Waals surface area (Å²) in [6.45, 7) is 2.09. The average Bonchev–Trinajstić information content (AvgIpc) is 2.25. The fourth-order valence-electron chi connectivity index (χ4n) is 1.09. The van der Waals surface area contributed by atoms with Crippen molar-refractivity contribution in [2.75, 3.05) is 32.1 Å². The Kier molecular flexibility index (Phi) is 4.79. The Bertz CT molecular complexity index is 350. The predicted octanol–water partition coefficient (Wildman–Crippen LogP) is -0.740. The fraction of sp³-hybridized carbons (Fsp3) is 0.556. The normalized spacial score (nSPS) is 10.3. The Balaban J connectivity index is 2.66. The van der Waals surface area contributed by atoms with Crippen molar-refractivity contribution in [3.05, 3.63) is 22.6 Å². The summed E-state index contributed by atoms with van der Waals surface area (Å²) in [4.78, 5) is 11.5. The van der Waals surface area contributed by atoms with Gasteiger partial charge < -0.3 is 15.8 Å². The number of anilines is 1. The first-order chi connectivity index (χ1) is 7.27. The summed E-state index contributed by atoms with van der Waals surface area (Å²) in [5.41, 5.74) is 5.88. The van der Waals surface area contributed by atoms with E-state index in [1.54, 1.807) is 13.3 Å². The van der Waals surface area contributed by atoms with Crippen LogP contribution in [0, 0.1) is 0 Å². The molecule has 0 radical (unpaired) electrons. The highest BCUT2D eigenvalue weighted by atomic mass is 16.5. The van der Waals surface area contributed by atoms with Crippen LogP contribution < -0.4 is 16.6 Å². The minimum Gasteiger partial charge on any atom is -0.383 e. The van der Waals surface area contributed by atoms with Crippen LogP contribution in [0.15, 0.2) is 17.1 Å². The summed E-state index contributed by atoms with van der Waals surface area (Å²) in [6, 6.07) is 1.50. The molecule has 3 N–H and O–H groups in total. The van der Waals surface area contributed by atoms with Crippen LogP contribution in [-0.4, -0.2) is 36.6 Å². The van der Waals surface area contributed by atoms with Gasteiger partial charge in [-0.3, -0.25) is 4.79 Å².